The molecule has 0 aromatic heterocycles. The average molecular weight is 544 g/mol. The Bertz CT molecular complexity index is 414. The van der Waals surface area contributed by atoms with Crippen LogP contribution < -0.4 is 0 Å². The fraction of sp³-hybridized carbons (Fsp3) is 1.00. The molecule has 0 aliphatic rings. The molecule has 0 spiro atoms. The summed E-state index contributed by atoms with van der Waals surface area (Å²) >= 11 is 0. The average Bonchev–Trinajstić information content (AvgIpc) is 2.76. The van der Waals surface area contributed by atoms with Crippen LogP contribution in [0.2, 0.25) is 0 Å². The number of hydrogen-bond acceptors (Lipinski definition) is 5. The Morgan fingerprint density at radius 1 is 0.545 bits per heavy atom. The number of quaternary nitrogens is 1. The molecule has 33 heavy (non-hydrogen) atoms. The molecule has 0 saturated heterocycles. The largest absolute Gasteiger partial charge is 0.394 e. The Balaban J connectivity index is 0. The van der Waals surface area contributed by atoms with Gasteiger partial charge in [0.2, 0.25) is 0 Å². The summed E-state index contributed by atoms with van der Waals surface area (Å²) in [7, 11) is 3.99. The second-order valence-electron chi connectivity index (χ2n) is 10.4. The minimum absolute atomic E-state index is 0. The first-order chi connectivity index (χ1) is 15.2. The molecule has 4 atom stereocenters. The summed E-state index contributed by atoms with van der Waals surface area (Å²) in [5, 5.41) is 48.2. The van der Waals surface area contributed by atoms with Crippen molar-refractivity contribution < 1.29 is 30.0 Å². The molecule has 0 rings (SSSR count). The van der Waals surface area contributed by atoms with Gasteiger partial charge in [0.25, 0.3) is 0 Å². The van der Waals surface area contributed by atoms with E-state index in [-0.39, 0.29) is 23.5 Å². The van der Waals surface area contributed by atoms with Gasteiger partial charge in [-0.2, -0.15) is 0 Å². The van der Waals surface area contributed by atoms with E-state index in [9.17, 15) is 20.4 Å². The molecule has 0 aromatic carbocycles. The van der Waals surface area contributed by atoms with Crippen LogP contribution in [0.25, 0.3) is 0 Å². The van der Waals surface area contributed by atoms with Gasteiger partial charge in [-0.15, -0.1) is 17.0 Å². The van der Waals surface area contributed by atoms with E-state index >= 15 is 0 Å². The molecule has 0 aromatic rings. The van der Waals surface area contributed by atoms with Crippen molar-refractivity contribution >= 4 is 17.0 Å². The lowest BCUT2D eigenvalue weighted by Gasteiger charge is -2.34. The van der Waals surface area contributed by atoms with E-state index in [2.05, 4.69) is 6.92 Å². The zero-order valence-electron chi connectivity index (χ0n) is 21.8. The van der Waals surface area contributed by atoms with E-state index < -0.39 is 31.0 Å². The molecule has 0 heterocycles. The molecule has 0 amide bonds. The molecular formula is C26H57BrNO5+. The van der Waals surface area contributed by atoms with Gasteiger partial charge >= 0.3 is 0 Å². The van der Waals surface area contributed by atoms with E-state index in [1.54, 1.807) is 0 Å². The van der Waals surface area contributed by atoms with Crippen LogP contribution in [0.15, 0.2) is 0 Å². The van der Waals surface area contributed by atoms with Crippen molar-refractivity contribution in [2.75, 3.05) is 33.8 Å². The highest BCUT2D eigenvalue weighted by Crippen LogP contribution is 2.15. The maximum Gasteiger partial charge on any atom is 0.131 e. The van der Waals surface area contributed by atoms with Crippen molar-refractivity contribution in [2.45, 2.75) is 134 Å². The highest BCUT2D eigenvalue weighted by molar-refractivity contribution is 8.93. The summed E-state index contributed by atoms with van der Waals surface area (Å²) in [6.07, 6.45) is 15.8. The number of rotatable bonds is 23. The summed E-state index contributed by atoms with van der Waals surface area (Å²) in [6, 6.07) is 0. The standard InChI is InChI=1S/C26H56NO5.BrH/c1-4-5-6-7-8-9-10-11-12-13-14-15-16-17-18-19-20-27(2,3)21-23(29)25(31)26(32)24(30)22-28;/h23-26,28-32H,4-22H2,1-3H3;1H/q+1;. The van der Waals surface area contributed by atoms with Gasteiger partial charge in [0, 0.05) is 0 Å². The number of aliphatic hydroxyl groups is 5. The fourth-order valence-corrected chi connectivity index (χ4v) is 4.36. The van der Waals surface area contributed by atoms with E-state index in [1.165, 1.54) is 96.3 Å². The lowest BCUT2D eigenvalue weighted by atomic mass is 10.0. The SMILES string of the molecule is Br.CCCCCCCCCCCCCCCCCC[N+](C)(C)CC(O)C(O)C(O)C(O)CO. The van der Waals surface area contributed by atoms with E-state index in [0.717, 1.165) is 13.0 Å². The Morgan fingerprint density at radius 3 is 1.24 bits per heavy atom. The zero-order chi connectivity index (χ0) is 24.2. The Kier molecular flexibility index (Phi) is 24.3. The normalized spacial score (nSPS) is 15.6. The molecule has 7 heteroatoms. The highest BCUT2D eigenvalue weighted by Gasteiger charge is 2.33. The van der Waals surface area contributed by atoms with Gasteiger partial charge in [0.05, 0.1) is 27.2 Å². The minimum Gasteiger partial charge on any atom is -0.394 e. The molecule has 202 valence electrons. The van der Waals surface area contributed by atoms with Crippen LogP contribution in [-0.4, -0.2) is 88.2 Å². The van der Waals surface area contributed by atoms with E-state index in [4.69, 9.17) is 5.11 Å². The van der Waals surface area contributed by atoms with Gasteiger partial charge in [-0.1, -0.05) is 96.8 Å². The van der Waals surface area contributed by atoms with Crippen LogP contribution in [0.3, 0.4) is 0 Å². The van der Waals surface area contributed by atoms with Gasteiger partial charge in [0.1, 0.15) is 31.0 Å². The molecule has 0 saturated carbocycles. The van der Waals surface area contributed by atoms with Gasteiger partial charge < -0.3 is 30.0 Å². The van der Waals surface area contributed by atoms with Crippen molar-refractivity contribution in [1.82, 2.24) is 0 Å². The first-order valence-electron chi connectivity index (χ1n) is 13.4. The molecule has 0 radical (unpaired) electrons. The molecule has 5 N–H and O–H groups in total. The van der Waals surface area contributed by atoms with Gasteiger partial charge in [-0.05, 0) is 12.8 Å². The summed E-state index contributed by atoms with van der Waals surface area (Å²) in [5.41, 5.74) is 0. The predicted molar refractivity (Wildman–Crippen MR) is 143 cm³/mol. The van der Waals surface area contributed by atoms with Gasteiger partial charge in [0.15, 0.2) is 0 Å². The molecule has 6 nitrogen and oxygen atoms in total. The van der Waals surface area contributed by atoms with Crippen LogP contribution in [0.4, 0.5) is 0 Å². The molecule has 0 aliphatic carbocycles. The second-order valence-corrected chi connectivity index (χ2v) is 10.4. The number of nitrogens with zero attached hydrogens (tertiary/aromatic N) is 1. The third kappa shape index (κ3) is 20.2. The maximum atomic E-state index is 10.2. The molecule has 0 bridgehead atoms. The van der Waals surface area contributed by atoms with E-state index in [0.29, 0.717) is 4.48 Å². The minimum atomic E-state index is -1.55. The zero-order valence-corrected chi connectivity index (χ0v) is 23.5. The lowest BCUT2D eigenvalue weighted by molar-refractivity contribution is -0.894. The summed E-state index contributed by atoms with van der Waals surface area (Å²) in [4.78, 5) is 0. The van der Waals surface area contributed by atoms with Crippen LogP contribution >= 0.6 is 17.0 Å². The van der Waals surface area contributed by atoms with Gasteiger partial charge in [-0.3, -0.25) is 0 Å². The molecule has 0 fully saturated rings. The summed E-state index contributed by atoms with van der Waals surface area (Å²) in [5.74, 6) is 0. The third-order valence-corrected chi connectivity index (χ3v) is 6.62. The van der Waals surface area contributed by atoms with Crippen molar-refractivity contribution in [2.24, 2.45) is 0 Å². The first kappa shape index (κ1) is 35.4. The number of hydrogen-bond donors (Lipinski definition) is 5. The van der Waals surface area contributed by atoms with E-state index in [1.807, 2.05) is 14.1 Å². The monoisotopic (exact) mass is 542 g/mol. The summed E-state index contributed by atoms with van der Waals surface area (Å²) in [6.45, 7) is 2.80. The third-order valence-electron chi connectivity index (χ3n) is 6.62. The lowest BCUT2D eigenvalue weighted by Crippen LogP contribution is -2.54. The van der Waals surface area contributed by atoms with Crippen LogP contribution in [0.5, 0.6) is 0 Å². The first-order valence-corrected chi connectivity index (χ1v) is 13.4. The Hall–Kier alpha value is 0.240. The predicted octanol–water partition coefficient (Wildman–Crippen LogP) is 4.34. The fourth-order valence-electron chi connectivity index (χ4n) is 4.36. The van der Waals surface area contributed by atoms with Crippen molar-refractivity contribution in [1.29, 1.82) is 0 Å². The second kappa shape index (κ2) is 22.7. The van der Waals surface area contributed by atoms with Crippen molar-refractivity contribution in [3.63, 3.8) is 0 Å². The van der Waals surface area contributed by atoms with Crippen molar-refractivity contribution in [3.8, 4) is 0 Å². The topological polar surface area (TPSA) is 101 Å². The smallest absolute Gasteiger partial charge is 0.131 e. The number of aliphatic hydroxyl groups excluding tert-OH is 5. The maximum absolute atomic E-state index is 10.2. The number of likely N-dealkylation sites (N-methyl/N-ethyl adjacent to an activating group) is 1. The van der Waals surface area contributed by atoms with Gasteiger partial charge in [-0.25, -0.2) is 0 Å². The Morgan fingerprint density at radius 2 is 0.879 bits per heavy atom. The highest BCUT2D eigenvalue weighted by atomic mass is 79.9. The molecule has 0 aliphatic heterocycles. The van der Waals surface area contributed by atoms with Crippen molar-refractivity contribution in [3.05, 3.63) is 0 Å². The quantitative estimate of drug-likeness (QED) is 0.0976. The van der Waals surface area contributed by atoms with Crippen LogP contribution in [-0.2, 0) is 0 Å². The number of halogens is 1. The number of unbranched alkanes of at least 4 members (excludes halogenated alkanes) is 15. The molecular weight excluding hydrogens is 486 g/mol. The Labute approximate surface area is 214 Å². The summed E-state index contributed by atoms with van der Waals surface area (Å²) < 4.78 is 0.540. The van der Waals surface area contributed by atoms with Crippen LogP contribution in [0, 0.1) is 0 Å². The van der Waals surface area contributed by atoms with Crippen LogP contribution in [0.1, 0.15) is 110 Å². The molecule has 4 unspecified atom stereocenters.